The number of fused-ring (bicyclic) bond motifs is 1. The SMILES string of the molecule is Cc1ccc2cc(/C=C(/C=O)C3CN3)sc2c1. The molecule has 0 radical (unpaired) electrons. The minimum atomic E-state index is 0.277. The highest BCUT2D eigenvalue weighted by Crippen LogP contribution is 2.28. The van der Waals surface area contributed by atoms with E-state index in [0.717, 1.165) is 23.3 Å². The zero-order chi connectivity index (χ0) is 11.8. The Hall–Kier alpha value is -1.45. The molecule has 0 aliphatic carbocycles. The Labute approximate surface area is 104 Å². The lowest BCUT2D eigenvalue weighted by atomic mass is 10.1. The average Bonchev–Trinajstić information content (AvgIpc) is 3.07. The van der Waals surface area contributed by atoms with Crippen molar-refractivity contribution in [3.8, 4) is 0 Å². The summed E-state index contributed by atoms with van der Waals surface area (Å²) < 4.78 is 1.28. The number of thiophene rings is 1. The summed E-state index contributed by atoms with van der Waals surface area (Å²) >= 11 is 1.74. The van der Waals surface area contributed by atoms with Crippen molar-refractivity contribution in [2.75, 3.05) is 6.54 Å². The van der Waals surface area contributed by atoms with E-state index in [9.17, 15) is 4.79 Å². The Morgan fingerprint density at radius 3 is 3.00 bits per heavy atom. The Kier molecular flexibility index (Phi) is 2.57. The van der Waals surface area contributed by atoms with E-state index >= 15 is 0 Å². The molecule has 1 fully saturated rings. The molecule has 0 bridgehead atoms. The molecule has 0 amide bonds. The van der Waals surface area contributed by atoms with E-state index in [1.165, 1.54) is 15.6 Å². The van der Waals surface area contributed by atoms with Crippen LogP contribution in [-0.2, 0) is 4.79 Å². The molecule has 0 saturated carbocycles. The standard InChI is InChI=1S/C14H13NOS/c1-9-2-3-10-5-12(17-14(10)4-9)6-11(8-16)13-7-15-13/h2-6,8,13,15H,7H2,1H3/b11-6-. The number of hydrogen-bond acceptors (Lipinski definition) is 3. The van der Waals surface area contributed by atoms with E-state index in [1.54, 1.807) is 11.3 Å². The number of benzene rings is 1. The van der Waals surface area contributed by atoms with Crippen LogP contribution < -0.4 is 5.32 Å². The van der Waals surface area contributed by atoms with Crippen LogP contribution in [0.1, 0.15) is 10.4 Å². The molecule has 2 nitrogen and oxygen atoms in total. The van der Waals surface area contributed by atoms with Crippen molar-refractivity contribution in [2.45, 2.75) is 13.0 Å². The fourth-order valence-electron chi connectivity index (χ4n) is 1.91. The van der Waals surface area contributed by atoms with Crippen molar-refractivity contribution in [3.05, 3.63) is 40.3 Å². The molecule has 0 spiro atoms. The smallest absolute Gasteiger partial charge is 0.147 e. The van der Waals surface area contributed by atoms with E-state index in [0.29, 0.717) is 0 Å². The summed E-state index contributed by atoms with van der Waals surface area (Å²) in [5.74, 6) is 0. The third-order valence-corrected chi connectivity index (χ3v) is 4.00. The summed E-state index contributed by atoms with van der Waals surface area (Å²) in [6.45, 7) is 3.02. The first-order valence-corrected chi connectivity index (χ1v) is 6.48. The van der Waals surface area contributed by atoms with E-state index in [1.807, 2.05) is 6.08 Å². The van der Waals surface area contributed by atoms with Gasteiger partial charge in [0, 0.05) is 27.7 Å². The number of aldehydes is 1. The first-order valence-electron chi connectivity index (χ1n) is 5.66. The van der Waals surface area contributed by atoms with Crippen LogP contribution in [0.15, 0.2) is 29.8 Å². The highest BCUT2D eigenvalue weighted by atomic mass is 32.1. The number of carbonyl (C=O) groups is 1. The van der Waals surface area contributed by atoms with E-state index in [4.69, 9.17) is 0 Å². The van der Waals surface area contributed by atoms with Gasteiger partial charge in [-0.05, 0) is 36.1 Å². The van der Waals surface area contributed by atoms with E-state index in [-0.39, 0.29) is 6.04 Å². The molecule has 2 aromatic rings. The van der Waals surface area contributed by atoms with Gasteiger partial charge in [-0.1, -0.05) is 12.1 Å². The number of hydrogen-bond donors (Lipinski definition) is 1. The van der Waals surface area contributed by atoms with Gasteiger partial charge in [0.2, 0.25) is 0 Å². The molecule has 1 aromatic carbocycles. The van der Waals surface area contributed by atoms with Crippen LogP contribution in [-0.4, -0.2) is 18.9 Å². The molecule has 3 heteroatoms. The van der Waals surface area contributed by atoms with Crippen LogP contribution in [0.2, 0.25) is 0 Å². The first-order chi connectivity index (χ1) is 8.26. The predicted octanol–water partition coefficient (Wildman–Crippen LogP) is 2.76. The second-order valence-corrected chi connectivity index (χ2v) is 5.53. The van der Waals surface area contributed by atoms with Gasteiger partial charge in [-0.3, -0.25) is 4.79 Å². The molecule has 1 aliphatic heterocycles. The van der Waals surface area contributed by atoms with Gasteiger partial charge >= 0.3 is 0 Å². The quantitative estimate of drug-likeness (QED) is 0.511. The largest absolute Gasteiger partial charge is 0.307 e. The summed E-state index contributed by atoms with van der Waals surface area (Å²) in [5.41, 5.74) is 2.13. The molecule has 1 atom stereocenters. The third kappa shape index (κ3) is 2.16. The topological polar surface area (TPSA) is 39.0 Å². The van der Waals surface area contributed by atoms with Gasteiger partial charge in [0.1, 0.15) is 6.29 Å². The molecule has 1 aromatic heterocycles. The van der Waals surface area contributed by atoms with Crippen LogP contribution in [0.5, 0.6) is 0 Å². The zero-order valence-corrected chi connectivity index (χ0v) is 10.4. The lowest BCUT2D eigenvalue weighted by molar-refractivity contribution is -0.104. The molecule has 2 heterocycles. The van der Waals surface area contributed by atoms with Crippen LogP contribution in [0.4, 0.5) is 0 Å². The molecule has 1 saturated heterocycles. The highest BCUT2D eigenvalue weighted by Gasteiger charge is 2.24. The minimum Gasteiger partial charge on any atom is -0.307 e. The summed E-state index contributed by atoms with van der Waals surface area (Å²) in [4.78, 5) is 12.1. The number of nitrogens with one attached hydrogen (secondary N) is 1. The fraction of sp³-hybridized carbons (Fsp3) is 0.214. The summed E-state index contributed by atoms with van der Waals surface area (Å²) in [6, 6.07) is 8.86. The van der Waals surface area contributed by atoms with Crippen molar-refractivity contribution < 1.29 is 4.79 Å². The van der Waals surface area contributed by atoms with Crippen molar-refractivity contribution >= 4 is 33.8 Å². The van der Waals surface area contributed by atoms with Crippen molar-refractivity contribution in [3.63, 3.8) is 0 Å². The second-order valence-electron chi connectivity index (χ2n) is 4.41. The predicted molar refractivity (Wildman–Crippen MR) is 72.4 cm³/mol. The van der Waals surface area contributed by atoms with Crippen molar-refractivity contribution in [1.29, 1.82) is 0 Å². The van der Waals surface area contributed by atoms with Crippen molar-refractivity contribution in [1.82, 2.24) is 5.32 Å². The number of rotatable bonds is 3. The molecule has 3 rings (SSSR count). The fourth-order valence-corrected chi connectivity index (χ4v) is 3.03. The third-order valence-electron chi connectivity index (χ3n) is 2.95. The summed E-state index contributed by atoms with van der Waals surface area (Å²) in [6.07, 6.45) is 2.96. The molecule has 1 unspecified atom stereocenters. The maximum absolute atomic E-state index is 11.0. The number of carbonyl (C=O) groups excluding carboxylic acids is 1. The second kappa shape index (κ2) is 4.09. The van der Waals surface area contributed by atoms with Gasteiger partial charge in [-0.2, -0.15) is 0 Å². The Morgan fingerprint density at radius 1 is 1.47 bits per heavy atom. The van der Waals surface area contributed by atoms with Crippen molar-refractivity contribution in [2.24, 2.45) is 0 Å². The van der Waals surface area contributed by atoms with Crippen LogP contribution in [0.3, 0.4) is 0 Å². The van der Waals surface area contributed by atoms with E-state index in [2.05, 4.69) is 36.5 Å². The molecule has 86 valence electrons. The van der Waals surface area contributed by atoms with Gasteiger partial charge in [-0.15, -0.1) is 11.3 Å². The molecule has 1 N–H and O–H groups in total. The van der Waals surface area contributed by atoms with Crippen LogP contribution >= 0.6 is 11.3 Å². The zero-order valence-electron chi connectivity index (χ0n) is 9.57. The Balaban J connectivity index is 2.02. The monoisotopic (exact) mass is 243 g/mol. The lowest BCUT2D eigenvalue weighted by Gasteiger charge is -1.91. The molecule has 17 heavy (non-hydrogen) atoms. The number of aryl methyl sites for hydroxylation is 1. The van der Waals surface area contributed by atoms with Gasteiger partial charge in [0.15, 0.2) is 0 Å². The molecular weight excluding hydrogens is 230 g/mol. The van der Waals surface area contributed by atoms with E-state index < -0.39 is 0 Å². The minimum absolute atomic E-state index is 0.277. The highest BCUT2D eigenvalue weighted by molar-refractivity contribution is 7.19. The average molecular weight is 243 g/mol. The van der Waals surface area contributed by atoms with Gasteiger partial charge in [0.25, 0.3) is 0 Å². The lowest BCUT2D eigenvalue weighted by Crippen LogP contribution is -1.96. The maximum atomic E-state index is 11.0. The Bertz CT molecular complexity index is 608. The van der Waals surface area contributed by atoms with Crippen LogP contribution in [0, 0.1) is 6.92 Å². The first kappa shape index (κ1) is 10.7. The van der Waals surface area contributed by atoms with Crippen LogP contribution in [0.25, 0.3) is 16.2 Å². The van der Waals surface area contributed by atoms with Gasteiger partial charge < -0.3 is 5.32 Å². The summed E-state index contributed by atoms with van der Waals surface area (Å²) in [5, 5.41) is 4.40. The normalized spacial score (nSPS) is 19.6. The van der Waals surface area contributed by atoms with Gasteiger partial charge in [-0.25, -0.2) is 0 Å². The van der Waals surface area contributed by atoms with Gasteiger partial charge in [0.05, 0.1) is 0 Å². The molecular formula is C14H13NOS. The Morgan fingerprint density at radius 2 is 2.29 bits per heavy atom. The summed E-state index contributed by atoms with van der Waals surface area (Å²) in [7, 11) is 0. The maximum Gasteiger partial charge on any atom is 0.147 e. The molecule has 1 aliphatic rings.